The molecule has 4 aromatic rings. The van der Waals surface area contributed by atoms with Crippen LogP contribution >= 0.6 is 11.6 Å². The van der Waals surface area contributed by atoms with E-state index >= 15 is 0 Å². The van der Waals surface area contributed by atoms with Crippen LogP contribution in [0.4, 0.5) is 5.69 Å². The molecular formula is C26H24ClNO. The number of nitrogens with one attached hydrogen (secondary N) is 1. The summed E-state index contributed by atoms with van der Waals surface area (Å²) in [5.74, 6) is 0.706. The topological polar surface area (TPSA) is 21.3 Å². The molecule has 0 spiro atoms. The molecule has 0 saturated heterocycles. The van der Waals surface area contributed by atoms with Gasteiger partial charge in [-0.15, -0.1) is 0 Å². The Bertz CT molecular complexity index is 1120. The maximum absolute atomic E-state index is 6.50. The van der Waals surface area contributed by atoms with E-state index in [1.807, 2.05) is 12.1 Å². The summed E-state index contributed by atoms with van der Waals surface area (Å²) in [5.41, 5.74) is 4.76. The lowest BCUT2D eigenvalue weighted by Gasteiger charge is -2.13. The highest BCUT2D eigenvalue weighted by Crippen LogP contribution is 2.28. The first-order chi connectivity index (χ1) is 14.2. The molecule has 4 aromatic carbocycles. The van der Waals surface area contributed by atoms with Gasteiger partial charge >= 0.3 is 0 Å². The second-order valence-electron chi connectivity index (χ2n) is 7.06. The molecule has 0 aliphatic rings. The lowest BCUT2D eigenvalue weighted by molar-refractivity contribution is 0.308. The van der Waals surface area contributed by atoms with E-state index in [1.165, 1.54) is 22.0 Å². The maximum atomic E-state index is 6.50. The number of aryl methyl sites for hydroxylation is 1. The predicted molar refractivity (Wildman–Crippen MR) is 123 cm³/mol. The highest BCUT2D eigenvalue weighted by atomic mass is 35.5. The molecular weight excluding hydrogens is 378 g/mol. The first-order valence-corrected chi connectivity index (χ1v) is 10.3. The molecule has 0 radical (unpaired) electrons. The van der Waals surface area contributed by atoms with Gasteiger partial charge in [-0.1, -0.05) is 85.3 Å². The van der Waals surface area contributed by atoms with Crippen molar-refractivity contribution in [1.82, 2.24) is 0 Å². The second kappa shape index (κ2) is 9.02. The van der Waals surface area contributed by atoms with Crippen molar-refractivity contribution in [1.29, 1.82) is 0 Å². The molecule has 0 aromatic heterocycles. The summed E-state index contributed by atoms with van der Waals surface area (Å²) in [5, 5.41) is 6.56. The summed E-state index contributed by atoms with van der Waals surface area (Å²) in [4.78, 5) is 0. The van der Waals surface area contributed by atoms with Crippen LogP contribution < -0.4 is 10.1 Å². The molecule has 29 heavy (non-hydrogen) atoms. The van der Waals surface area contributed by atoms with E-state index in [9.17, 15) is 0 Å². The Morgan fingerprint density at radius 3 is 2.45 bits per heavy atom. The smallest absolute Gasteiger partial charge is 0.138 e. The predicted octanol–water partition coefficient (Wildman–Crippen LogP) is 7.25. The van der Waals surface area contributed by atoms with Crippen LogP contribution in [0.25, 0.3) is 10.8 Å². The lowest BCUT2D eigenvalue weighted by Crippen LogP contribution is -2.02. The van der Waals surface area contributed by atoms with E-state index < -0.39 is 0 Å². The number of hydrogen-bond acceptors (Lipinski definition) is 2. The monoisotopic (exact) mass is 401 g/mol. The number of ether oxygens (including phenoxy) is 1. The van der Waals surface area contributed by atoms with Gasteiger partial charge < -0.3 is 10.1 Å². The van der Waals surface area contributed by atoms with E-state index in [2.05, 4.69) is 85.0 Å². The largest absolute Gasteiger partial charge is 0.487 e. The molecule has 0 fully saturated rings. The van der Waals surface area contributed by atoms with Crippen molar-refractivity contribution in [3.63, 3.8) is 0 Å². The Hall–Kier alpha value is -2.97. The quantitative estimate of drug-likeness (QED) is 0.352. The summed E-state index contributed by atoms with van der Waals surface area (Å²) in [6.45, 7) is 3.38. The van der Waals surface area contributed by atoms with Crippen LogP contribution in [-0.4, -0.2) is 0 Å². The third-order valence-corrected chi connectivity index (χ3v) is 5.44. The van der Waals surface area contributed by atoms with Gasteiger partial charge in [0.2, 0.25) is 0 Å². The molecule has 0 amide bonds. The number of anilines is 1. The number of rotatable bonds is 7. The average Bonchev–Trinajstić information content (AvgIpc) is 2.77. The number of hydrogen-bond donors (Lipinski definition) is 1. The lowest BCUT2D eigenvalue weighted by atomic mass is 10.1. The molecule has 0 atom stereocenters. The minimum Gasteiger partial charge on any atom is -0.487 e. The van der Waals surface area contributed by atoms with E-state index in [4.69, 9.17) is 16.3 Å². The summed E-state index contributed by atoms with van der Waals surface area (Å²) in [6, 6.07) is 29.0. The zero-order chi connectivity index (χ0) is 20.1. The maximum Gasteiger partial charge on any atom is 0.138 e. The fourth-order valence-corrected chi connectivity index (χ4v) is 3.80. The van der Waals surface area contributed by atoms with E-state index in [0.29, 0.717) is 17.4 Å². The number of halogens is 1. The molecule has 0 aliphatic carbocycles. The molecule has 146 valence electrons. The van der Waals surface area contributed by atoms with Gasteiger partial charge in [0.1, 0.15) is 12.4 Å². The Kier molecular flexibility index (Phi) is 6.02. The Labute approximate surface area is 177 Å². The third-order valence-electron chi connectivity index (χ3n) is 5.14. The van der Waals surface area contributed by atoms with Gasteiger partial charge in [0, 0.05) is 12.2 Å². The second-order valence-corrected chi connectivity index (χ2v) is 7.46. The molecule has 4 rings (SSSR count). The van der Waals surface area contributed by atoms with Crippen molar-refractivity contribution in [2.75, 3.05) is 5.32 Å². The standard InChI is InChI=1S/C26H24ClNO/c1-2-20-8-4-6-13-25(20)28-17-19-14-15-26(24(27)16-19)29-18-22-11-7-10-21-9-3-5-12-23(21)22/h3-16,28H,2,17-18H2,1H3. The minimum atomic E-state index is 0.489. The Morgan fingerprint density at radius 1 is 0.828 bits per heavy atom. The van der Waals surface area contributed by atoms with Gasteiger partial charge in [0.15, 0.2) is 0 Å². The molecule has 0 bridgehead atoms. The van der Waals surface area contributed by atoms with Gasteiger partial charge in [-0.05, 0) is 52.1 Å². The molecule has 0 aliphatic heterocycles. The van der Waals surface area contributed by atoms with E-state index in [0.717, 1.165) is 24.1 Å². The van der Waals surface area contributed by atoms with Crippen LogP contribution in [0.2, 0.25) is 5.02 Å². The molecule has 3 heteroatoms. The van der Waals surface area contributed by atoms with Gasteiger partial charge in [0.25, 0.3) is 0 Å². The number of benzene rings is 4. The first kappa shape index (κ1) is 19.4. The molecule has 0 heterocycles. The average molecular weight is 402 g/mol. The van der Waals surface area contributed by atoms with Gasteiger partial charge in [-0.2, -0.15) is 0 Å². The van der Waals surface area contributed by atoms with Crippen molar-refractivity contribution in [3.05, 3.63) is 107 Å². The number of fused-ring (bicyclic) bond motifs is 1. The van der Waals surface area contributed by atoms with Crippen LogP contribution in [0.5, 0.6) is 5.75 Å². The minimum absolute atomic E-state index is 0.489. The molecule has 0 saturated carbocycles. The van der Waals surface area contributed by atoms with Crippen LogP contribution in [0.15, 0.2) is 84.9 Å². The highest BCUT2D eigenvalue weighted by Gasteiger charge is 2.07. The zero-order valence-electron chi connectivity index (χ0n) is 16.5. The molecule has 2 nitrogen and oxygen atoms in total. The van der Waals surface area contributed by atoms with Crippen LogP contribution in [-0.2, 0) is 19.6 Å². The fraction of sp³-hybridized carbons (Fsp3) is 0.154. The highest BCUT2D eigenvalue weighted by molar-refractivity contribution is 6.32. The summed E-state index contributed by atoms with van der Waals surface area (Å²) >= 11 is 6.50. The van der Waals surface area contributed by atoms with E-state index in [-0.39, 0.29) is 0 Å². The zero-order valence-corrected chi connectivity index (χ0v) is 17.2. The van der Waals surface area contributed by atoms with Crippen molar-refractivity contribution >= 4 is 28.1 Å². The van der Waals surface area contributed by atoms with E-state index in [1.54, 1.807) is 0 Å². The normalized spacial score (nSPS) is 10.8. The summed E-state index contributed by atoms with van der Waals surface area (Å²) in [6.07, 6.45) is 1.00. The Balaban J connectivity index is 1.43. The van der Waals surface area contributed by atoms with Crippen LogP contribution in [0.1, 0.15) is 23.6 Å². The SMILES string of the molecule is CCc1ccccc1NCc1ccc(OCc2cccc3ccccc23)c(Cl)c1. The van der Waals surface area contributed by atoms with Gasteiger partial charge in [0.05, 0.1) is 5.02 Å². The first-order valence-electron chi connectivity index (χ1n) is 9.94. The van der Waals surface area contributed by atoms with Crippen LogP contribution in [0.3, 0.4) is 0 Å². The molecule has 0 unspecified atom stereocenters. The molecule has 1 N–H and O–H groups in total. The Morgan fingerprint density at radius 2 is 1.59 bits per heavy atom. The van der Waals surface area contributed by atoms with Gasteiger partial charge in [-0.3, -0.25) is 0 Å². The number of para-hydroxylation sites is 1. The van der Waals surface area contributed by atoms with Crippen molar-refractivity contribution in [3.8, 4) is 5.75 Å². The summed E-state index contributed by atoms with van der Waals surface area (Å²) in [7, 11) is 0. The third kappa shape index (κ3) is 4.55. The fourth-order valence-electron chi connectivity index (χ4n) is 3.54. The summed E-state index contributed by atoms with van der Waals surface area (Å²) < 4.78 is 6.03. The van der Waals surface area contributed by atoms with Crippen molar-refractivity contribution in [2.45, 2.75) is 26.5 Å². The van der Waals surface area contributed by atoms with Crippen molar-refractivity contribution < 1.29 is 4.74 Å². The van der Waals surface area contributed by atoms with Crippen molar-refractivity contribution in [2.24, 2.45) is 0 Å². The van der Waals surface area contributed by atoms with Gasteiger partial charge in [-0.25, -0.2) is 0 Å². The van der Waals surface area contributed by atoms with Crippen LogP contribution in [0, 0.1) is 0 Å².